The van der Waals surface area contributed by atoms with E-state index in [1.807, 2.05) is 30.3 Å². The van der Waals surface area contributed by atoms with Crippen molar-refractivity contribution in [3.63, 3.8) is 0 Å². The minimum absolute atomic E-state index is 0.750. The fourth-order valence-electron chi connectivity index (χ4n) is 4.26. The van der Waals surface area contributed by atoms with E-state index in [-0.39, 0.29) is 0 Å². The minimum atomic E-state index is -2.21. The van der Waals surface area contributed by atoms with Crippen LogP contribution in [0.1, 0.15) is 0 Å². The predicted octanol–water partition coefficient (Wildman–Crippen LogP) is 5.07. The number of benzene rings is 5. The molecule has 5 rings (SSSR count). The third kappa shape index (κ3) is 4.65. The predicted molar refractivity (Wildman–Crippen MR) is 144 cm³/mol. The van der Waals surface area contributed by atoms with Crippen LogP contribution in [0.25, 0.3) is 0 Å². The van der Waals surface area contributed by atoms with Gasteiger partial charge in [0.2, 0.25) is 0 Å². The van der Waals surface area contributed by atoms with Gasteiger partial charge in [-0.1, -0.05) is 84.9 Å². The van der Waals surface area contributed by atoms with Crippen molar-refractivity contribution in [2.24, 2.45) is 0 Å². The van der Waals surface area contributed by atoms with E-state index in [0.717, 1.165) is 18.6 Å². The lowest BCUT2D eigenvalue weighted by atomic mass is 10.3. The molecule has 3 heteroatoms. The van der Waals surface area contributed by atoms with Crippen LogP contribution in [0.4, 0.5) is 0 Å². The summed E-state index contributed by atoms with van der Waals surface area (Å²) in [6.07, 6.45) is 0. The van der Waals surface area contributed by atoms with E-state index in [4.69, 9.17) is 9.84 Å². The molecule has 0 aromatic heterocycles. The molecule has 0 saturated heterocycles. The van der Waals surface area contributed by atoms with Crippen molar-refractivity contribution in [2.75, 3.05) is 7.11 Å². The van der Waals surface area contributed by atoms with Crippen LogP contribution in [0.3, 0.4) is 0 Å². The highest BCUT2D eigenvalue weighted by molar-refractivity contribution is 8.01. The maximum absolute atomic E-state index is 8.25. The molecule has 0 unspecified atom stereocenters. The Bertz CT molecular complexity index is 1180. The highest BCUT2D eigenvalue weighted by Gasteiger charge is 2.49. The van der Waals surface area contributed by atoms with Crippen molar-refractivity contribution in [3.05, 3.63) is 146 Å². The first kappa shape index (κ1) is 23.4. The van der Waals surface area contributed by atoms with Gasteiger partial charge in [-0.15, -0.1) is 0 Å². The summed E-state index contributed by atoms with van der Waals surface area (Å²) in [5.74, 6) is 1.73. The molecule has 0 saturated carbocycles. The van der Waals surface area contributed by atoms with E-state index >= 15 is 0 Å². The van der Waals surface area contributed by atoms with Crippen LogP contribution in [-0.2, 0) is 0 Å². The third-order valence-electron chi connectivity index (χ3n) is 5.63. The Morgan fingerprint density at radius 2 is 0.794 bits per heavy atom. The van der Waals surface area contributed by atoms with Crippen LogP contribution < -0.4 is 31.1 Å². The summed E-state index contributed by atoms with van der Waals surface area (Å²) < 4.78 is 6.51. The molecule has 0 aliphatic carbocycles. The van der Waals surface area contributed by atoms with Gasteiger partial charge < -0.3 is 9.84 Å². The lowest BCUT2D eigenvalue weighted by Crippen LogP contribution is -2.39. The molecule has 0 fully saturated rings. The van der Waals surface area contributed by atoms with E-state index in [9.17, 15) is 0 Å². The van der Waals surface area contributed by atoms with E-state index in [2.05, 4.69) is 115 Å². The molecule has 5 aromatic rings. The van der Waals surface area contributed by atoms with Gasteiger partial charge in [0.05, 0.1) is 0 Å². The molecule has 0 atom stereocenters. The number of rotatable bonds is 6. The first-order valence-electron chi connectivity index (χ1n) is 11.2. The summed E-state index contributed by atoms with van der Waals surface area (Å²) in [6, 6.07) is 51.1. The Morgan fingerprint density at radius 3 is 1.24 bits per heavy atom. The lowest BCUT2D eigenvalue weighted by molar-refractivity contribution is -0.325. The second kappa shape index (κ2) is 11.4. The van der Waals surface area contributed by atoms with Crippen molar-refractivity contribution in [3.8, 4) is 11.5 Å². The van der Waals surface area contributed by atoms with E-state index in [0.29, 0.717) is 0 Å². The van der Waals surface area contributed by atoms with Crippen LogP contribution in [0.15, 0.2) is 146 Å². The van der Waals surface area contributed by atoms with Gasteiger partial charge in [-0.05, 0) is 60.7 Å². The normalized spacial score (nSPS) is 10.6. The second-order valence-corrected chi connectivity index (χ2v) is 10.9. The Kier molecular flexibility index (Phi) is 7.88. The Labute approximate surface area is 202 Å². The summed E-state index contributed by atoms with van der Waals surface area (Å²) in [7, 11) is -1.46. The van der Waals surface area contributed by atoms with Gasteiger partial charge in [-0.2, -0.15) is 7.11 Å². The number of hydrogen-bond acceptors (Lipinski definition) is 2. The van der Waals surface area contributed by atoms with Crippen molar-refractivity contribution < 1.29 is 9.84 Å². The number of para-hydroxylation sites is 2. The van der Waals surface area contributed by atoms with Crippen LogP contribution in [0.5, 0.6) is 11.5 Å². The zero-order valence-electron chi connectivity index (χ0n) is 19.1. The van der Waals surface area contributed by atoms with Crippen molar-refractivity contribution in [1.82, 2.24) is 0 Å². The van der Waals surface area contributed by atoms with Gasteiger partial charge in [0.25, 0.3) is 0 Å². The largest absolute Gasteiger partial charge is 0.857 e. The van der Waals surface area contributed by atoms with E-state index < -0.39 is 7.26 Å². The smallest absolute Gasteiger partial charge is 0.170 e. The highest BCUT2D eigenvalue weighted by atomic mass is 31.2. The standard InChI is InChI=1S/C30H24OP.CH3O/c1-5-15-25(16-6-1)31-29-23-13-14-24-30(29)32(26-17-7-2-8-18-26,27-19-9-3-10-20-27)28-21-11-4-12-22-28;1-2/h1-24H;1H3/q+1;-1. The van der Waals surface area contributed by atoms with Gasteiger partial charge in [-0.25, -0.2) is 0 Å². The third-order valence-corrected chi connectivity index (χ3v) is 9.94. The summed E-state index contributed by atoms with van der Waals surface area (Å²) in [5.41, 5.74) is 0. The minimum Gasteiger partial charge on any atom is -0.857 e. The molecule has 168 valence electrons. The summed E-state index contributed by atoms with van der Waals surface area (Å²) in [5, 5.41) is 13.4. The molecule has 0 aliphatic heterocycles. The lowest BCUT2D eigenvalue weighted by Gasteiger charge is -2.28. The van der Waals surface area contributed by atoms with Gasteiger partial charge in [0, 0.05) is 0 Å². The van der Waals surface area contributed by atoms with E-state index in [1.165, 1.54) is 21.2 Å². The fourth-order valence-corrected chi connectivity index (χ4v) is 8.60. The molecule has 0 aliphatic rings. The maximum atomic E-state index is 8.25. The fraction of sp³-hybridized carbons (Fsp3) is 0.0323. The van der Waals surface area contributed by atoms with Crippen LogP contribution in [0, 0.1) is 0 Å². The summed E-state index contributed by atoms with van der Waals surface area (Å²) >= 11 is 0. The molecule has 0 amide bonds. The average Bonchev–Trinajstić information content (AvgIpc) is 2.94. The number of hydrogen-bond donors (Lipinski definition) is 0. The van der Waals surface area contributed by atoms with Gasteiger partial charge in [0.1, 0.15) is 28.9 Å². The zero-order valence-corrected chi connectivity index (χ0v) is 20.0. The molecular formula is C31H27O2P. The molecular weight excluding hydrogens is 435 g/mol. The second-order valence-electron chi connectivity index (χ2n) is 7.56. The molecule has 0 spiro atoms. The Balaban J connectivity index is 0.00000133. The SMILES string of the molecule is C[O-].c1ccc(Oc2ccccc2[P+](c2ccccc2)(c2ccccc2)c2ccccc2)cc1. The van der Waals surface area contributed by atoms with Crippen molar-refractivity contribution in [1.29, 1.82) is 0 Å². The molecule has 0 bridgehead atoms. The molecule has 34 heavy (non-hydrogen) atoms. The Hall–Kier alpha value is -3.71. The first-order chi connectivity index (χ1) is 16.9. The van der Waals surface area contributed by atoms with Crippen LogP contribution in [-0.4, -0.2) is 7.11 Å². The van der Waals surface area contributed by atoms with Gasteiger partial charge in [-0.3, -0.25) is 0 Å². The topological polar surface area (TPSA) is 32.3 Å². The number of ether oxygens (including phenoxy) is 1. The molecule has 0 heterocycles. The molecule has 0 N–H and O–H groups in total. The van der Waals surface area contributed by atoms with Crippen molar-refractivity contribution in [2.45, 2.75) is 0 Å². The highest BCUT2D eigenvalue weighted by Crippen LogP contribution is 2.56. The molecule has 2 nitrogen and oxygen atoms in total. The monoisotopic (exact) mass is 462 g/mol. The van der Waals surface area contributed by atoms with Crippen molar-refractivity contribution >= 4 is 28.5 Å². The molecule has 5 aromatic carbocycles. The zero-order chi connectivity index (χ0) is 23.6. The quantitative estimate of drug-likeness (QED) is 0.330. The maximum Gasteiger partial charge on any atom is 0.170 e. The van der Waals surface area contributed by atoms with Crippen LogP contribution >= 0.6 is 7.26 Å². The summed E-state index contributed by atoms with van der Waals surface area (Å²) in [6.45, 7) is 0. The summed E-state index contributed by atoms with van der Waals surface area (Å²) in [4.78, 5) is 0. The van der Waals surface area contributed by atoms with E-state index in [1.54, 1.807) is 0 Å². The molecule has 0 radical (unpaired) electrons. The van der Waals surface area contributed by atoms with Crippen LogP contribution in [0.2, 0.25) is 0 Å². The van der Waals surface area contributed by atoms with Gasteiger partial charge >= 0.3 is 0 Å². The Morgan fingerprint density at radius 1 is 0.441 bits per heavy atom. The first-order valence-corrected chi connectivity index (χ1v) is 13.0. The average molecular weight is 463 g/mol. The van der Waals surface area contributed by atoms with Gasteiger partial charge in [0.15, 0.2) is 11.1 Å².